The Hall–Kier alpha value is -0.620. The van der Waals surface area contributed by atoms with Crippen LogP contribution in [0.4, 0.5) is 0 Å². The quantitative estimate of drug-likeness (QED) is 0.656. The van der Waals surface area contributed by atoms with Gasteiger partial charge in [0.25, 0.3) is 0 Å². The molecule has 0 saturated heterocycles. The number of hydrogen-bond donors (Lipinski definition) is 1. The Morgan fingerprint density at radius 2 is 2.00 bits per heavy atom. The van der Waals surface area contributed by atoms with E-state index in [9.17, 15) is 13.2 Å². The highest BCUT2D eigenvalue weighted by Gasteiger charge is 2.17. The molecule has 0 aromatic rings. The minimum absolute atomic E-state index is 0.0185. The van der Waals surface area contributed by atoms with E-state index >= 15 is 0 Å². The maximum Gasteiger partial charge on any atom is 0.307 e. The van der Waals surface area contributed by atoms with Crippen molar-refractivity contribution in [3.05, 3.63) is 0 Å². The average molecular weight is 223 g/mol. The molecule has 0 amide bonds. The fourth-order valence-electron chi connectivity index (χ4n) is 0.891. The Balaban J connectivity index is 4.23. The fraction of sp³-hybridized carbons (Fsp3) is 0.875. The van der Waals surface area contributed by atoms with Gasteiger partial charge in [-0.3, -0.25) is 4.79 Å². The van der Waals surface area contributed by atoms with Gasteiger partial charge in [-0.2, -0.15) is 0 Å². The Labute approximate surface area is 84.9 Å². The zero-order chi connectivity index (χ0) is 11.2. The van der Waals surface area contributed by atoms with E-state index in [1.54, 1.807) is 6.92 Å². The number of esters is 1. The molecule has 0 aliphatic heterocycles. The molecule has 0 spiro atoms. The third kappa shape index (κ3) is 5.18. The molecule has 5 nitrogen and oxygen atoms in total. The second kappa shape index (κ2) is 5.98. The zero-order valence-electron chi connectivity index (χ0n) is 8.74. The minimum Gasteiger partial charge on any atom is -0.469 e. The lowest BCUT2D eigenvalue weighted by atomic mass is 10.2. The number of carbonyl (C=O) groups is 1. The third-order valence-corrected chi connectivity index (χ3v) is 3.31. The van der Waals surface area contributed by atoms with Crippen molar-refractivity contribution in [3.8, 4) is 0 Å². The van der Waals surface area contributed by atoms with E-state index in [2.05, 4.69) is 9.46 Å². The molecule has 1 unspecified atom stereocenters. The Morgan fingerprint density at radius 1 is 1.43 bits per heavy atom. The SMILES string of the molecule is CCC(CC(=O)OC)NS(=O)(=O)CC. The maximum absolute atomic E-state index is 11.2. The van der Waals surface area contributed by atoms with Crippen molar-refractivity contribution in [2.45, 2.75) is 32.7 Å². The summed E-state index contributed by atoms with van der Waals surface area (Å²) >= 11 is 0. The molecule has 0 saturated carbocycles. The van der Waals surface area contributed by atoms with Gasteiger partial charge in [0.1, 0.15) is 0 Å². The molecular formula is C8H17NO4S. The lowest BCUT2D eigenvalue weighted by Crippen LogP contribution is -2.37. The number of carbonyl (C=O) groups excluding carboxylic acids is 1. The van der Waals surface area contributed by atoms with E-state index in [0.29, 0.717) is 6.42 Å². The van der Waals surface area contributed by atoms with Crippen LogP contribution in [0.1, 0.15) is 26.7 Å². The van der Waals surface area contributed by atoms with Crippen molar-refractivity contribution in [2.24, 2.45) is 0 Å². The fourth-order valence-corrected chi connectivity index (χ4v) is 1.82. The molecular weight excluding hydrogens is 206 g/mol. The van der Waals surface area contributed by atoms with Crippen LogP contribution in [0.5, 0.6) is 0 Å². The van der Waals surface area contributed by atoms with Gasteiger partial charge in [0, 0.05) is 6.04 Å². The molecule has 0 heterocycles. The van der Waals surface area contributed by atoms with E-state index < -0.39 is 16.0 Å². The molecule has 1 N–H and O–H groups in total. The molecule has 0 fully saturated rings. The molecule has 1 atom stereocenters. The molecule has 0 aromatic heterocycles. The number of sulfonamides is 1. The van der Waals surface area contributed by atoms with Gasteiger partial charge >= 0.3 is 5.97 Å². The molecule has 0 aromatic carbocycles. The summed E-state index contributed by atoms with van der Waals surface area (Å²) in [7, 11) is -1.96. The summed E-state index contributed by atoms with van der Waals surface area (Å²) in [4.78, 5) is 10.9. The Bertz CT molecular complexity index is 273. The second-order valence-corrected chi connectivity index (χ2v) is 4.95. The topological polar surface area (TPSA) is 72.5 Å². The van der Waals surface area contributed by atoms with Crippen molar-refractivity contribution in [1.29, 1.82) is 0 Å². The normalized spacial score (nSPS) is 13.6. The highest BCUT2D eigenvalue weighted by molar-refractivity contribution is 7.89. The summed E-state index contributed by atoms with van der Waals surface area (Å²) < 4.78 is 29.2. The van der Waals surface area contributed by atoms with Crippen LogP contribution in [0.25, 0.3) is 0 Å². The third-order valence-electron chi connectivity index (χ3n) is 1.86. The van der Waals surface area contributed by atoms with Crippen LogP contribution in [0, 0.1) is 0 Å². The first kappa shape index (κ1) is 13.4. The monoisotopic (exact) mass is 223 g/mol. The summed E-state index contributed by atoms with van der Waals surface area (Å²) in [5, 5.41) is 0. The highest BCUT2D eigenvalue weighted by Crippen LogP contribution is 2.01. The molecule has 0 aliphatic carbocycles. The van der Waals surface area contributed by atoms with E-state index in [-0.39, 0.29) is 18.2 Å². The van der Waals surface area contributed by atoms with Crippen LogP contribution in [0.2, 0.25) is 0 Å². The molecule has 14 heavy (non-hydrogen) atoms. The van der Waals surface area contributed by atoms with Gasteiger partial charge in [-0.15, -0.1) is 0 Å². The van der Waals surface area contributed by atoms with E-state index in [1.165, 1.54) is 7.11 Å². The molecule has 0 bridgehead atoms. The van der Waals surface area contributed by atoms with Crippen molar-refractivity contribution in [3.63, 3.8) is 0 Å². The van der Waals surface area contributed by atoms with E-state index in [4.69, 9.17) is 0 Å². The van der Waals surface area contributed by atoms with Crippen LogP contribution in [-0.2, 0) is 19.6 Å². The van der Waals surface area contributed by atoms with Gasteiger partial charge in [0.2, 0.25) is 10.0 Å². The summed E-state index contributed by atoms with van der Waals surface area (Å²) in [5.74, 6) is -0.388. The second-order valence-electron chi connectivity index (χ2n) is 2.91. The van der Waals surface area contributed by atoms with Gasteiger partial charge in [0.05, 0.1) is 19.3 Å². The van der Waals surface area contributed by atoms with Crippen LogP contribution in [0.3, 0.4) is 0 Å². The first-order chi connectivity index (χ1) is 6.45. The standard InChI is InChI=1S/C8H17NO4S/c1-4-7(6-8(10)13-3)9-14(11,12)5-2/h7,9H,4-6H2,1-3H3. The van der Waals surface area contributed by atoms with Crippen LogP contribution in [0.15, 0.2) is 0 Å². The number of hydrogen-bond acceptors (Lipinski definition) is 4. The minimum atomic E-state index is -3.24. The lowest BCUT2D eigenvalue weighted by Gasteiger charge is -2.14. The highest BCUT2D eigenvalue weighted by atomic mass is 32.2. The van der Waals surface area contributed by atoms with Gasteiger partial charge in [-0.25, -0.2) is 13.1 Å². The first-order valence-electron chi connectivity index (χ1n) is 4.52. The summed E-state index contributed by atoms with van der Waals surface area (Å²) in [6, 6.07) is -0.368. The number of nitrogens with one attached hydrogen (secondary N) is 1. The number of methoxy groups -OCH3 is 1. The van der Waals surface area contributed by atoms with Crippen molar-refractivity contribution < 1.29 is 17.9 Å². The molecule has 0 rings (SSSR count). The Kier molecular flexibility index (Phi) is 5.71. The molecule has 84 valence electrons. The van der Waals surface area contributed by atoms with Crippen LogP contribution >= 0.6 is 0 Å². The van der Waals surface area contributed by atoms with E-state index in [0.717, 1.165) is 0 Å². The average Bonchev–Trinajstić information content (AvgIpc) is 2.16. The maximum atomic E-state index is 11.2. The predicted molar refractivity (Wildman–Crippen MR) is 53.3 cm³/mol. The number of ether oxygens (including phenoxy) is 1. The summed E-state index contributed by atoms with van der Waals surface area (Å²) in [6.45, 7) is 3.36. The van der Waals surface area contributed by atoms with Crippen molar-refractivity contribution >= 4 is 16.0 Å². The molecule has 6 heteroatoms. The van der Waals surface area contributed by atoms with Crippen LogP contribution in [-0.4, -0.2) is 33.3 Å². The number of rotatable bonds is 6. The molecule has 0 aliphatic rings. The Morgan fingerprint density at radius 3 is 2.36 bits per heavy atom. The lowest BCUT2D eigenvalue weighted by molar-refractivity contribution is -0.141. The van der Waals surface area contributed by atoms with Crippen molar-refractivity contribution in [1.82, 2.24) is 4.72 Å². The molecule has 0 radical (unpaired) electrons. The largest absolute Gasteiger partial charge is 0.469 e. The summed E-state index contributed by atoms with van der Waals surface area (Å²) in [6.07, 6.45) is 0.639. The van der Waals surface area contributed by atoms with Crippen molar-refractivity contribution in [2.75, 3.05) is 12.9 Å². The smallest absolute Gasteiger partial charge is 0.307 e. The van der Waals surface area contributed by atoms with E-state index in [1.807, 2.05) is 6.92 Å². The van der Waals surface area contributed by atoms with Gasteiger partial charge in [-0.05, 0) is 13.3 Å². The van der Waals surface area contributed by atoms with Crippen LogP contribution < -0.4 is 4.72 Å². The zero-order valence-corrected chi connectivity index (χ0v) is 9.56. The first-order valence-corrected chi connectivity index (χ1v) is 6.17. The predicted octanol–water partition coefficient (Wildman–Crippen LogP) is 0.267. The van der Waals surface area contributed by atoms with Gasteiger partial charge in [-0.1, -0.05) is 6.92 Å². The van der Waals surface area contributed by atoms with Gasteiger partial charge in [0.15, 0.2) is 0 Å². The summed E-state index contributed by atoms with van der Waals surface area (Å²) in [5.41, 5.74) is 0. The van der Waals surface area contributed by atoms with Gasteiger partial charge < -0.3 is 4.74 Å².